The molecule has 0 aliphatic rings. The lowest BCUT2D eigenvalue weighted by Crippen LogP contribution is -2.36. The molecule has 0 aliphatic carbocycles. The van der Waals surface area contributed by atoms with E-state index in [4.69, 9.17) is 20.6 Å². The van der Waals surface area contributed by atoms with E-state index >= 15 is 0 Å². The Kier molecular flexibility index (Phi) is 7.86. The van der Waals surface area contributed by atoms with Gasteiger partial charge in [0.1, 0.15) is 12.4 Å². The van der Waals surface area contributed by atoms with Crippen molar-refractivity contribution in [3.63, 3.8) is 0 Å². The van der Waals surface area contributed by atoms with Gasteiger partial charge < -0.3 is 24.8 Å². The van der Waals surface area contributed by atoms with Crippen LogP contribution in [0.5, 0.6) is 17.2 Å². The number of nitrogens with one attached hydrogen (secondary N) is 2. The lowest BCUT2D eigenvalue weighted by Gasteiger charge is -2.14. The Balaban J connectivity index is 1.92. The van der Waals surface area contributed by atoms with Gasteiger partial charge in [0.25, 0.3) is 0 Å². The van der Waals surface area contributed by atoms with Gasteiger partial charge in [0.05, 0.1) is 14.2 Å². The van der Waals surface area contributed by atoms with E-state index in [9.17, 15) is 0 Å². The van der Waals surface area contributed by atoms with Crippen LogP contribution >= 0.6 is 0 Å². The molecule has 0 unspecified atom stereocenters. The Bertz CT molecular complexity index is 795. The van der Waals surface area contributed by atoms with Crippen molar-refractivity contribution in [3.05, 3.63) is 53.6 Å². The minimum atomic E-state index is 0.193. The van der Waals surface area contributed by atoms with E-state index in [0.717, 1.165) is 16.9 Å². The van der Waals surface area contributed by atoms with Crippen molar-refractivity contribution in [2.45, 2.75) is 13.1 Å². The molecule has 27 heavy (non-hydrogen) atoms. The van der Waals surface area contributed by atoms with Crippen LogP contribution in [0.25, 0.3) is 0 Å². The summed E-state index contributed by atoms with van der Waals surface area (Å²) >= 11 is 0. The molecule has 2 N–H and O–H groups in total. The molecule has 0 aromatic heterocycles. The highest BCUT2D eigenvalue weighted by Crippen LogP contribution is 2.27. The summed E-state index contributed by atoms with van der Waals surface area (Å²) in [5.41, 5.74) is 2.16. The number of aliphatic imine (C=N–C) groups is 1. The van der Waals surface area contributed by atoms with Crippen molar-refractivity contribution in [3.8, 4) is 29.6 Å². The van der Waals surface area contributed by atoms with E-state index in [1.165, 1.54) is 0 Å². The largest absolute Gasteiger partial charge is 0.497 e. The summed E-state index contributed by atoms with van der Waals surface area (Å²) in [5, 5.41) is 6.56. The van der Waals surface area contributed by atoms with E-state index in [2.05, 4.69) is 21.5 Å². The summed E-state index contributed by atoms with van der Waals surface area (Å²) < 4.78 is 16.0. The maximum Gasteiger partial charge on any atom is 0.191 e. The standard InChI is InChI=1S/C21H25N3O3/c1-5-12-27-20-13-17(8-11-19(20)26-4)15-24-21(22-2)23-14-16-6-9-18(25-3)10-7-16/h1,6-11,13H,12,14-15H2,2-4H3,(H2,22,23,24). The molecule has 0 saturated heterocycles. The SMILES string of the molecule is C#CCOc1cc(CNC(=NC)NCc2ccc(OC)cc2)ccc1OC. The zero-order chi connectivity index (χ0) is 19.5. The molecule has 0 aliphatic heterocycles. The van der Waals surface area contributed by atoms with Gasteiger partial charge in [0.15, 0.2) is 17.5 Å². The lowest BCUT2D eigenvalue weighted by atomic mass is 10.2. The number of methoxy groups -OCH3 is 2. The molecule has 2 aromatic rings. The quantitative estimate of drug-likeness (QED) is 0.427. The molecule has 2 aromatic carbocycles. The molecule has 0 saturated carbocycles. The molecule has 0 radical (unpaired) electrons. The highest BCUT2D eigenvalue weighted by Gasteiger charge is 2.06. The van der Waals surface area contributed by atoms with Gasteiger partial charge in [-0.25, -0.2) is 0 Å². The molecule has 0 heterocycles. The van der Waals surface area contributed by atoms with Crippen LogP contribution in [-0.4, -0.2) is 33.8 Å². The maximum absolute atomic E-state index is 5.53. The van der Waals surface area contributed by atoms with Crippen LogP contribution in [0.15, 0.2) is 47.5 Å². The first-order valence-corrected chi connectivity index (χ1v) is 8.50. The maximum atomic E-state index is 5.53. The Morgan fingerprint density at radius 3 is 2.22 bits per heavy atom. The molecular weight excluding hydrogens is 342 g/mol. The topological polar surface area (TPSA) is 64.1 Å². The lowest BCUT2D eigenvalue weighted by molar-refractivity contribution is 0.330. The number of hydrogen-bond acceptors (Lipinski definition) is 4. The summed E-state index contributed by atoms with van der Waals surface area (Å²) in [6, 6.07) is 13.6. The molecule has 0 fully saturated rings. The predicted octanol–water partition coefficient (Wildman–Crippen LogP) is 2.58. The summed E-state index contributed by atoms with van der Waals surface area (Å²) in [4.78, 5) is 4.24. The molecule has 0 amide bonds. The summed E-state index contributed by atoms with van der Waals surface area (Å²) in [5.74, 6) is 5.26. The molecule has 0 bridgehead atoms. The first-order chi connectivity index (χ1) is 13.2. The Morgan fingerprint density at radius 2 is 1.63 bits per heavy atom. The van der Waals surface area contributed by atoms with Crippen molar-refractivity contribution in [2.24, 2.45) is 4.99 Å². The molecule has 142 valence electrons. The van der Waals surface area contributed by atoms with E-state index in [1.807, 2.05) is 42.5 Å². The number of ether oxygens (including phenoxy) is 3. The Labute approximate surface area is 160 Å². The van der Waals surface area contributed by atoms with Crippen molar-refractivity contribution in [1.82, 2.24) is 10.6 Å². The highest BCUT2D eigenvalue weighted by molar-refractivity contribution is 5.79. The molecule has 6 nitrogen and oxygen atoms in total. The zero-order valence-electron chi connectivity index (χ0n) is 15.9. The number of nitrogens with zero attached hydrogens (tertiary/aromatic N) is 1. The van der Waals surface area contributed by atoms with Gasteiger partial charge in [0.2, 0.25) is 0 Å². The van der Waals surface area contributed by atoms with Crippen LogP contribution in [0.4, 0.5) is 0 Å². The van der Waals surface area contributed by atoms with Crippen LogP contribution in [0.2, 0.25) is 0 Å². The first-order valence-electron chi connectivity index (χ1n) is 8.50. The second-order valence-corrected chi connectivity index (χ2v) is 5.61. The van der Waals surface area contributed by atoms with Crippen LogP contribution in [-0.2, 0) is 13.1 Å². The summed E-state index contributed by atoms with van der Waals surface area (Å²) in [7, 11) is 4.99. The summed E-state index contributed by atoms with van der Waals surface area (Å²) in [6.45, 7) is 1.43. The van der Waals surface area contributed by atoms with E-state index in [-0.39, 0.29) is 6.61 Å². The fourth-order valence-corrected chi connectivity index (χ4v) is 2.40. The number of rotatable bonds is 8. The number of benzene rings is 2. The predicted molar refractivity (Wildman–Crippen MR) is 107 cm³/mol. The van der Waals surface area contributed by atoms with Gasteiger partial charge in [-0.15, -0.1) is 6.42 Å². The van der Waals surface area contributed by atoms with Gasteiger partial charge in [-0.1, -0.05) is 24.1 Å². The molecule has 0 spiro atoms. The van der Waals surface area contributed by atoms with Crippen LogP contribution in [0, 0.1) is 12.3 Å². The average molecular weight is 367 g/mol. The molecule has 2 rings (SSSR count). The fraction of sp³-hybridized carbons (Fsp3) is 0.286. The van der Waals surface area contributed by atoms with Crippen molar-refractivity contribution in [1.29, 1.82) is 0 Å². The zero-order valence-corrected chi connectivity index (χ0v) is 15.9. The van der Waals surface area contributed by atoms with E-state index in [0.29, 0.717) is 30.5 Å². The third-order valence-electron chi connectivity index (χ3n) is 3.84. The van der Waals surface area contributed by atoms with Gasteiger partial charge in [-0.2, -0.15) is 0 Å². The normalized spacial score (nSPS) is 10.7. The van der Waals surface area contributed by atoms with Crippen LogP contribution in [0.1, 0.15) is 11.1 Å². The van der Waals surface area contributed by atoms with Gasteiger partial charge in [-0.05, 0) is 35.4 Å². The third-order valence-corrected chi connectivity index (χ3v) is 3.84. The first kappa shape index (κ1) is 20.0. The Hall–Kier alpha value is -3.33. The fourth-order valence-electron chi connectivity index (χ4n) is 2.40. The number of terminal acetylenes is 1. The van der Waals surface area contributed by atoms with Gasteiger partial charge in [-0.3, -0.25) is 4.99 Å². The Morgan fingerprint density at radius 1 is 0.963 bits per heavy atom. The molecule has 0 atom stereocenters. The summed E-state index contributed by atoms with van der Waals surface area (Å²) in [6.07, 6.45) is 5.26. The second-order valence-electron chi connectivity index (χ2n) is 5.61. The van der Waals surface area contributed by atoms with E-state index in [1.54, 1.807) is 21.3 Å². The van der Waals surface area contributed by atoms with Crippen molar-refractivity contribution in [2.75, 3.05) is 27.9 Å². The third kappa shape index (κ3) is 6.15. The number of hydrogen-bond donors (Lipinski definition) is 2. The van der Waals surface area contributed by atoms with Crippen molar-refractivity contribution >= 4 is 5.96 Å². The van der Waals surface area contributed by atoms with Crippen molar-refractivity contribution < 1.29 is 14.2 Å². The number of guanidine groups is 1. The minimum Gasteiger partial charge on any atom is -0.497 e. The highest BCUT2D eigenvalue weighted by atomic mass is 16.5. The van der Waals surface area contributed by atoms with Crippen LogP contribution in [0.3, 0.4) is 0 Å². The second kappa shape index (κ2) is 10.6. The molecular formula is C21H25N3O3. The van der Waals surface area contributed by atoms with E-state index < -0.39 is 0 Å². The monoisotopic (exact) mass is 367 g/mol. The smallest absolute Gasteiger partial charge is 0.191 e. The minimum absolute atomic E-state index is 0.193. The molecule has 6 heteroatoms. The average Bonchev–Trinajstić information content (AvgIpc) is 2.72. The van der Waals surface area contributed by atoms with Gasteiger partial charge in [0, 0.05) is 20.1 Å². The van der Waals surface area contributed by atoms with Crippen LogP contribution < -0.4 is 24.8 Å². The van der Waals surface area contributed by atoms with Gasteiger partial charge >= 0.3 is 0 Å².